The number of nitrogens with one attached hydrogen (secondary N) is 5. The minimum absolute atomic E-state index is 0.0357. The lowest BCUT2D eigenvalue weighted by Gasteiger charge is -2.18. The molecule has 0 saturated carbocycles. The normalized spacial score (nSPS) is 12.2. The quantitative estimate of drug-likeness (QED) is 0.0699. The Morgan fingerprint density at radius 3 is 1.61 bits per heavy atom. The Morgan fingerprint density at radius 1 is 0.686 bits per heavy atom. The van der Waals surface area contributed by atoms with E-state index in [-0.39, 0.29) is 28.8 Å². The average Bonchev–Trinajstić information content (AvgIpc) is 3.81. The first-order chi connectivity index (χ1) is 23.8. The van der Waals surface area contributed by atoms with Crippen LogP contribution in [0.3, 0.4) is 0 Å². The van der Waals surface area contributed by atoms with Crippen LogP contribution < -0.4 is 11.1 Å². The molecule has 2 amide bonds. The van der Waals surface area contributed by atoms with Gasteiger partial charge in [0.05, 0.1) is 0 Å². The van der Waals surface area contributed by atoms with Gasteiger partial charge in [0.25, 0.3) is 11.8 Å². The van der Waals surface area contributed by atoms with Crippen molar-refractivity contribution in [1.29, 1.82) is 0 Å². The monoisotopic (exact) mass is 694 g/mol. The molecule has 5 aromatic rings. The Bertz CT molecular complexity index is 2010. The van der Waals surface area contributed by atoms with E-state index in [1.807, 2.05) is 78.7 Å². The molecule has 0 bridgehead atoms. The number of carbonyl (C=O) groups is 4. The Hall–Kier alpha value is -5.62. The minimum Gasteiger partial charge on any atom is -0.399 e. The number of hydrogen-bond acceptors (Lipinski definition) is 6. The number of H-pyrrole nitrogens is 4. The second-order valence-corrected chi connectivity index (χ2v) is 15.0. The number of rotatable bonds is 10. The zero-order valence-corrected chi connectivity index (χ0v) is 30.9. The summed E-state index contributed by atoms with van der Waals surface area (Å²) in [5, 5.41) is 4.60. The van der Waals surface area contributed by atoms with E-state index in [1.54, 1.807) is 66.6 Å². The molecule has 12 nitrogen and oxygen atoms in total. The second kappa shape index (κ2) is 15.5. The van der Waals surface area contributed by atoms with Crippen LogP contribution in [0.2, 0.25) is 0 Å². The molecule has 0 radical (unpaired) electrons. The van der Waals surface area contributed by atoms with Crippen molar-refractivity contribution in [2.75, 3.05) is 45.3 Å². The van der Waals surface area contributed by atoms with Gasteiger partial charge < -0.3 is 40.8 Å². The van der Waals surface area contributed by atoms with Gasteiger partial charge in [-0.15, -0.1) is 0 Å². The lowest BCUT2D eigenvalue weighted by molar-refractivity contribution is -0.122. The lowest BCUT2D eigenvalue weighted by Crippen LogP contribution is -2.33. The molecular formula is C39H50N8O4. The molecule has 1 aromatic carbocycles. The molecule has 4 aromatic heterocycles. The van der Waals surface area contributed by atoms with Crippen molar-refractivity contribution in [3.8, 4) is 0 Å². The maximum Gasteiger partial charge on any atom is 0.272 e. The minimum atomic E-state index is -0.405. The maximum absolute atomic E-state index is 12.4. The van der Waals surface area contributed by atoms with Gasteiger partial charge >= 0.3 is 0 Å². The fourth-order valence-corrected chi connectivity index (χ4v) is 4.74. The Kier molecular flexibility index (Phi) is 11.6. The van der Waals surface area contributed by atoms with E-state index in [0.29, 0.717) is 29.3 Å². The average molecular weight is 695 g/mol. The highest BCUT2D eigenvalue weighted by molar-refractivity contribution is 6.06. The number of likely N-dealkylation sites (N-methyl/N-ethyl adjacent to an activating group) is 2. The highest BCUT2D eigenvalue weighted by Gasteiger charge is 2.20. The van der Waals surface area contributed by atoms with Crippen molar-refractivity contribution in [2.45, 2.75) is 41.5 Å². The summed E-state index contributed by atoms with van der Waals surface area (Å²) in [6, 6.07) is 14.4. The van der Waals surface area contributed by atoms with Crippen LogP contribution in [0.5, 0.6) is 0 Å². The number of aromatic amines is 4. The van der Waals surface area contributed by atoms with Gasteiger partial charge in [-0.3, -0.25) is 19.2 Å². The number of amides is 2. The van der Waals surface area contributed by atoms with Gasteiger partial charge in [-0.2, -0.15) is 0 Å². The number of allylic oxidation sites excluding steroid dienone is 2. The fraction of sp³-hybridized carbons (Fsp3) is 0.333. The van der Waals surface area contributed by atoms with Crippen LogP contribution in [0.25, 0.3) is 34.2 Å². The van der Waals surface area contributed by atoms with Crippen molar-refractivity contribution >= 4 is 69.0 Å². The number of aromatic nitrogens is 4. The smallest absolute Gasteiger partial charge is 0.272 e. The largest absolute Gasteiger partial charge is 0.399 e. The third-order valence-electron chi connectivity index (χ3n) is 8.04. The van der Waals surface area contributed by atoms with Crippen LogP contribution in [-0.2, 0) is 9.59 Å². The molecule has 0 aliphatic rings. The van der Waals surface area contributed by atoms with E-state index in [1.165, 1.54) is 0 Å². The van der Waals surface area contributed by atoms with E-state index in [0.717, 1.165) is 40.0 Å². The van der Waals surface area contributed by atoms with Crippen molar-refractivity contribution in [1.82, 2.24) is 29.7 Å². The SMILES string of the molecule is CC(C)(C)C(=O)/C=C/c1cc2cc(C(=O)Nc3ccc(N)cc3)[nH]c2[nH]1.CN(C)CCN(C)C(=O)c1cc2cc(/C=C/C(=O)C(C)(C)C)[nH]c2[nH]1. The number of benzene rings is 1. The molecule has 0 unspecified atom stereocenters. The summed E-state index contributed by atoms with van der Waals surface area (Å²) >= 11 is 0. The Labute approximate surface area is 298 Å². The summed E-state index contributed by atoms with van der Waals surface area (Å²) in [6.45, 7) is 12.8. The van der Waals surface area contributed by atoms with E-state index >= 15 is 0 Å². The predicted molar refractivity (Wildman–Crippen MR) is 207 cm³/mol. The van der Waals surface area contributed by atoms with E-state index in [2.05, 4.69) is 25.3 Å². The molecule has 4 heterocycles. The summed E-state index contributed by atoms with van der Waals surface area (Å²) in [5.41, 5.74) is 10.3. The first-order valence-corrected chi connectivity index (χ1v) is 16.8. The number of ketones is 2. The first kappa shape index (κ1) is 38.2. The van der Waals surface area contributed by atoms with Gasteiger partial charge in [0.2, 0.25) is 0 Å². The number of fused-ring (bicyclic) bond motifs is 2. The van der Waals surface area contributed by atoms with Crippen LogP contribution in [0.4, 0.5) is 11.4 Å². The van der Waals surface area contributed by atoms with Crippen LogP contribution >= 0.6 is 0 Å². The van der Waals surface area contributed by atoms with Gasteiger partial charge in [0.1, 0.15) is 22.7 Å². The van der Waals surface area contributed by atoms with Crippen LogP contribution in [0, 0.1) is 10.8 Å². The molecule has 0 aliphatic heterocycles. The third-order valence-corrected chi connectivity index (χ3v) is 8.04. The van der Waals surface area contributed by atoms with Crippen LogP contribution in [0.1, 0.15) is 73.9 Å². The fourth-order valence-electron chi connectivity index (χ4n) is 4.74. The standard InChI is InChI=1S/C20H22N4O2.C19H28N4O2/c1-20(2,3)17(25)9-8-15-10-12-11-16(24-18(12)22-15)19(26)23-14-6-4-13(21)5-7-14;1-19(2,3)16(24)8-7-14-11-13-12-15(21-17(13)20-14)18(25)23(6)10-9-22(4)5/h4-11,22,24H,21H2,1-3H3,(H,23,26);7-8,11-12,20-21H,9-10H2,1-6H3/b9-8+;8-7+. The van der Waals surface area contributed by atoms with Crippen LogP contribution in [0.15, 0.2) is 60.7 Å². The number of nitrogens with two attached hydrogens (primary N) is 1. The zero-order valence-electron chi connectivity index (χ0n) is 30.9. The van der Waals surface area contributed by atoms with Gasteiger partial charge in [-0.1, -0.05) is 41.5 Å². The van der Waals surface area contributed by atoms with Gasteiger partial charge in [0.15, 0.2) is 11.6 Å². The third kappa shape index (κ3) is 10.4. The number of carbonyl (C=O) groups excluding carboxylic acids is 4. The second-order valence-electron chi connectivity index (χ2n) is 15.0. The molecule has 0 saturated heterocycles. The molecular weight excluding hydrogens is 644 g/mol. The van der Waals surface area contributed by atoms with Crippen molar-refractivity contribution < 1.29 is 19.2 Å². The zero-order chi connectivity index (χ0) is 37.7. The molecule has 0 atom stereocenters. The number of anilines is 2. The summed E-state index contributed by atoms with van der Waals surface area (Å²) in [6.07, 6.45) is 6.67. The molecule has 51 heavy (non-hydrogen) atoms. The van der Waals surface area contributed by atoms with Gasteiger partial charge in [-0.05, 0) is 86.9 Å². The van der Waals surface area contributed by atoms with Gasteiger partial charge in [-0.25, -0.2) is 0 Å². The lowest BCUT2D eigenvalue weighted by atomic mass is 9.90. The van der Waals surface area contributed by atoms with Crippen molar-refractivity contribution in [3.05, 3.63) is 83.5 Å². The summed E-state index contributed by atoms with van der Waals surface area (Å²) < 4.78 is 0. The summed E-state index contributed by atoms with van der Waals surface area (Å²) in [4.78, 5) is 65.0. The van der Waals surface area contributed by atoms with Crippen LogP contribution in [-0.4, -0.2) is 87.3 Å². The maximum atomic E-state index is 12.4. The van der Waals surface area contributed by atoms with E-state index in [4.69, 9.17) is 5.73 Å². The summed E-state index contributed by atoms with van der Waals surface area (Å²) in [5.74, 6) is -0.144. The molecule has 0 aliphatic carbocycles. The molecule has 5 rings (SSSR count). The number of nitrogen functional groups attached to an aromatic ring is 1. The number of nitrogens with zero attached hydrogens (tertiary/aromatic N) is 2. The molecule has 0 spiro atoms. The van der Waals surface area contributed by atoms with E-state index < -0.39 is 5.41 Å². The van der Waals surface area contributed by atoms with Crippen molar-refractivity contribution in [3.63, 3.8) is 0 Å². The molecule has 270 valence electrons. The predicted octanol–water partition coefficient (Wildman–Crippen LogP) is 6.72. The van der Waals surface area contributed by atoms with Crippen molar-refractivity contribution in [2.24, 2.45) is 10.8 Å². The first-order valence-electron chi connectivity index (χ1n) is 16.8. The highest BCUT2D eigenvalue weighted by atomic mass is 16.2. The van der Waals surface area contributed by atoms with E-state index in [9.17, 15) is 19.2 Å². The Morgan fingerprint density at radius 2 is 1.16 bits per heavy atom. The molecule has 0 fully saturated rings. The molecule has 7 N–H and O–H groups in total. The summed E-state index contributed by atoms with van der Waals surface area (Å²) in [7, 11) is 5.76. The highest BCUT2D eigenvalue weighted by Crippen LogP contribution is 2.22. The Balaban J connectivity index is 0.000000229. The van der Waals surface area contributed by atoms with Gasteiger partial charge in [0, 0.05) is 64.5 Å². The number of hydrogen-bond donors (Lipinski definition) is 6. The topological polar surface area (TPSA) is 176 Å². The molecule has 12 heteroatoms.